The van der Waals surface area contributed by atoms with Gasteiger partial charge in [0, 0.05) is 22.8 Å². The Balaban J connectivity index is 0.000000856. The number of hydrogen-bond donors (Lipinski definition) is 1. The van der Waals surface area contributed by atoms with E-state index in [1.807, 2.05) is 6.07 Å². The molecule has 0 atom stereocenters. The van der Waals surface area contributed by atoms with Gasteiger partial charge in [-0.1, -0.05) is 69.2 Å². The quantitative estimate of drug-likeness (QED) is 0.140. The predicted molar refractivity (Wildman–Crippen MR) is 144 cm³/mol. The van der Waals surface area contributed by atoms with Crippen molar-refractivity contribution in [3.63, 3.8) is 0 Å². The lowest BCUT2D eigenvalue weighted by Gasteiger charge is -2.09. The lowest BCUT2D eigenvalue weighted by Crippen LogP contribution is -2.06. The first-order valence-corrected chi connectivity index (χ1v) is 12.3. The van der Waals surface area contributed by atoms with Crippen LogP contribution in [0.5, 0.6) is 11.5 Å². The number of carbonyl (C=O) groups is 3. The molecule has 0 aliphatic carbocycles. The van der Waals surface area contributed by atoms with Crippen LogP contribution in [0, 0.1) is 0 Å². The van der Waals surface area contributed by atoms with Crippen LogP contribution in [0.2, 0.25) is 0 Å². The van der Waals surface area contributed by atoms with Gasteiger partial charge in [0.2, 0.25) is 0 Å². The van der Waals surface area contributed by atoms with Crippen molar-refractivity contribution in [2.45, 2.75) is 52.4 Å². The number of esters is 2. The van der Waals surface area contributed by atoms with Crippen molar-refractivity contribution in [1.82, 2.24) is 0 Å². The Morgan fingerprint density at radius 2 is 1.35 bits per heavy atom. The van der Waals surface area contributed by atoms with Gasteiger partial charge >= 0.3 is 11.9 Å². The average Bonchev–Trinajstić information content (AvgIpc) is 2.89. The first-order chi connectivity index (χ1) is 17.7. The smallest absolute Gasteiger partial charge is 0.333 e. The number of unbranched alkanes of at least 4 members (excludes halogenated alkanes) is 5. The van der Waals surface area contributed by atoms with E-state index in [4.69, 9.17) is 9.47 Å². The number of ether oxygens (including phenoxy) is 3. The minimum Gasteiger partial charge on any atom is -0.507 e. The largest absolute Gasteiger partial charge is 0.507 e. The summed E-state index contributed by atoms with van der Waals surface area (Å²) in [6.45, 7) is 11.1. The Labute approximate surface area is 219 Å². The first-order valence-electron chi connectivity index (χ1n) is 12.3. The van der Waals surface area contributed by atoms with Crippen molar-refractivity contribution >= 4 is 17.7 Å². The zero-order chi connectivity index (χ0) is 27.6. The zero-order valence-corrected chi connectivity index (χ0v) is 22.1. The van der Waals surface area contributed by atoms with Crippen LogP contribution in [0.25, 0.3) is 0 Å². The van der Waals surface area contributed by atoms with Crippen LogP contribution in [0.3, 0.4) is 0 Å². The van der Waals surface area contributed by atoms with E-state index in [2.05, 4.69) is 17.9 Å². The summed E-state index contributed by atoms with van der Waals surface area (Å²) in [6.07, 6.45) is 6.02. The third kappa shape index (κ3) is 12.6. The molecule has 2 aromatic carbocycles. The van der Waals surface area contributed by atoms with Gasteiger partial charge in [0.05, 0.1) is 25.9 Å². The van der Waals surface area contributed by atoms with E-state index in [1.54, 1.807) is 50.2 Å². The highest BCUT2D eigenvalue weighted by Crippen LogP contribution is 2.26. The first kappa shape index (κ1) is 31.2. The molecular weight excluding hydrogens is 472 g/mol. The van der Waals surface area contributed by atoms with Gasteiger partial charge in [0.1, 0.15) is 11.5 Å². The molecule has 0 bridgehead atoms. The SMILES string of the molecule is C=C(C)C(=O)OC.C=C(C)C(=O)OCCCCCCCCOc1ccc(C(=O)c2ccccc2)c(O)c1. The molecule has 0 aliphatic rings. The molecule has 2 aromatic rings. The molecular formula is C30H38O7. The van der Waals surface area contributed by atoms with Crippen molar-refractivity contribution in [3.8, 4) is 11.5 Å². The minimum absolute atomic E-state index is 0.0753. The summed E-state index contributed by atoms with van der Waals surface area (Å²) in [5.74, 6) is -0.408. The number of aromatic hydroxyl groups is 1. The minimum atomic E-state index is -0.347. The molecule has 2 rings (SSSR count). The summed E-state index contributed by atoms with van der Waals surface area (Å²) < 4.78 is 15.0. The van der Waals surface area contributed by atoms with Crippen LogP contribution in [-0.2, 0) is 19.1 Å². The Morgan fingerprint density at radius 3 is 1.86 bits per heavy atom. The van der Waals surface area contributed by atoms with Crippen molar-refractivity contribution in [1.29, 1.82) is 0 Å². The maximum absolute atomic E-state index is 12.4. The van der Waals surface area contributed by atoms with Gasteiger partial charge < -0.3 is 19.3 Å². The number of hydrogen-bond acceptors (Lipinski definition) is 7. The highest BCUT2D eigenvalue weighted by Gasteiger charge is 2.14. The predicted octanol–water partition coefficient (Wildman–Crippen LogP) is 6.20. The molecule has 0 fully saturated rings. The molecule has 0 aliphatic heterocycles. The van der Waals surface area contributed by atoms with Crippen molar-refractivity contribution < 1.29 is 33.7 Å². The molecule has 200 valence electrons. The summed E-state index contributed by atoms with van der Waals surface area (Å²) >= 11 is 0. The van der Waals surface area contributed by atoms with Gasteiger partial charge in [0.15, 0.2) is 5.78 Å². The summed E-state index contributed by atoms with van der Waals surface area (Å²) in [6, 6.07) is 13.7. The number of ketones is 1. The van der Waals surface area contributed by atoms with E-state index in [0.29, 0.717) is 35.7 Å². The summed E-state index contributed by atoms with van der Waals surface area (Å²) in [5.41, 5.74) is 1.67. The van der Waals surface area contributed by atoms with Gasteiger partial charge in [-0.3, -0.25) is 4.79 Å². The second-order valence-electron chi connectivity index (χ2n) is 8.53. The maximum atomic E-state index is 12.4. The van der Waals surface area contributed by atoms with Gasteiger partial charge in [0.25, 0.3) is 0 Å². The van der Waals surface area contributed by atoms with E-state index in [1.165, 1.54) is 13.2 Å². The van der Waals surface area contributed by atoms with E-state index < -0.39 is 0 Å². The number of phenols is 1. The lowest BCUT2D eigenvalue weighted by molar-refractivity contribution is -0.139. The van der Waals surface area contributed by atoms with Crippen molar-refractivity contribution in [2.24, 2.45) is 0 Å². The van der Waals surface area contributed by atoms with Gasteiger partial charge in [-0.2, -0.15) is 0 Å². The van der Waals surface area contributed by atoms with Crippen LogP contribution >= 0.6 is 0 Å². The number of methoxy groups -OCH3 is 1. The topological polar surface area (TPSA) is 99.1 Å². The number of phenolic OH excluding ortho intramolecular Hbond substituents is 1. The third-order valence-corrected chi connectivity index (χ3v) is 5.17. The fourth-order valence-electron chi connectivity index (χ4n) is 3.10. The molecule has 0 saturated carbocycles. The monoisotopic (exact) mass is 510 g/mol. The zero-order valence-electron chi connectivity index (χ0n) is 22.1. The number of rotatable bonds is 14. The van der Waals surface area contributed by atoms with Crippen LogP contribution in [0.4, 0.5) is 0 Å². The molecule has 0 saturated heterocycles. The molecule has 7 nitrogen and oxygen atoms in total. The highest BCUT2D eigenvalue weighted by atomic mass is 16.5. The molecule has 0 spiro atoms. The summed E-state index contributed by atoms with van der Waals surface area (Å²) in [4.78, 5) is 33.9. The fourth-order valence-corrected chi connectivity index (χ4v) is 3.10. The molecule has 0 unspecified atom stereocenters. The van der Waals surface area contributed by atoms with Gasteiger partial charge in [-0.15, -0.1) is 0 Å². The van der Waals surface area contributed by atoms with Crippen LogP contribution in [0.1, 0.15) is 68.3 Å². The number of benzene rings is 2. The Hall–Kier alpha value is -3.87. The van der Waals surface area contributed by atoms with E-state index in [9.17, 15) is 19.5 Å². The van der Waals surface area contributed by atoms with Crippen LogP contribution in [-0.4, -0.2) is 43.2 Å². The van der Waals surface area contributed by atoms with Crippen LogP contribution < -0.4 is 4.74 Å². The molecule has 1 N–H and O–H groups in total. The molecule has 7 heteroatoms. The standard InChI is InChI=1S/C25H30O5.C5H8O2/c1-19(2)25(28)30-17-11-6-4-3-5-10-16-29-21-14-15-22(23(26)18-21)24(27)20-12-8-7-9-13-20;1-4(2)5(6)7-3/h7-9,12-15,18,26H,1,3-6,10-11,16-17H2,2H3;1H2,2-3H3. The fraction of sp³-hybridized carbons (Fsp3) is 0.367. The highest BCUT2D eigenvalue weighted by molar-refractivity contribution is 6.10. The second kappa shape index (κ2) is 17.5. The van der Waals surface area contributed by atoms with E-state index >= 15 is 0 Å². The Bertz CT molecular complexity index is 1040. The third-order valence-electron chi connectivity index (χ3n) is 5.17. The van der Waals surface area contributed by atoms with Gasteiger partial charge in [-0.25, -0.2) is 9.59 Å². The molecule has 37 heavy (non-hydrogen) atoms. The summed E-state index contributed by atoms with van der Waals surface area (Å²) in [7, 11) is 1.33. The molecule has 0 heterocycles. The summed E-state index contributed by atoms with van der Waals surface area (Å²) in [5, 5.41) is 10.2. The molecule has 0 aromatic heterocycles. The van der Waals surface area contributed by atoms with E-state index in [-0.39, 0.29) is 29.0 Å². The lowest BCUT2D eigenvalue weighted by atomic mass is 10.0. The van der Waals surface area contributed by atoms with Crippen LogP contribution in [0.15, 0.2) is 72.8 Å². The van der Waals surface area contributed by atoms with Crippen molar-refractivity contribution in [2.75, 3.05) is 20.3 Å². The number of carbonyl (C=O) groups excluding carboxylic acids is 3. The molecule has 0 radical (unpaired) electrons. The average molecular weight is 511 g/mol. The second-order valence-corrected chi connectivity index (χ2v) is 8.53. The van der Waals surface area contributed by atoms with Crippen molar-refractivity contribution in [3.05, 3.63) is 84.0 Å². The molecule has 0 amide bonds. The van der Waals surface area contributed by atoms with Gasteiger partial charge in [-0.05, 0) is 38.8 Å². The normalized spacial score (nSPS) is 9.92. The van der Waals surface area contributed by atoms with E-state index in [0.717, 1.165) is 38.5 Å². The Kier molecular flexibility index (Phi) is 14.8. The maximum Gasteiger partial charge on any atom is 0.333 e. The Morgan fingerprint density at radius 1 is 0.784 bits per heavy atom.